The molecule has 2 atom stereocenters. The molecule has 2 unspecified atom stereocenters. The minimum absolute atomic E-state index is 0.0135. The molecule has 3 aromatic rings. The van der Waals surface area contributed by atoms with E-state index >= 15 is 0 Å². The number of halogens is 1. The van der Waals surface area contributed by atoms with Crippen LogP contribution in [0.25, 0.3) is 0 Å². The Balaban J connectivity index is 1.65. The lowest BCUT2D eigenvalue weighted by Crippen LogP contribution is -2.32. The first-order valence-electron chi connectivity index (χ1n) is 9.44. The van der Waals surface area contributed by atoms with E-state index in [4.69, 9.17) is 0 Å². The molecule has 1 amide bonds. The third kappa shape index (κ3) is 3.99. The number of benzene rings is 2. The van der Waals surface area contributed by atoms with Crippen LogP contribution in [0.2, 0.25) is 0 Å². The third-order valence-electron chi connectivity index (χ3n) is 5.25. The second kappa shape index (κ2) is 8.00. The van der Waals surface area contributed by atoms with Gasteiger partial charge in [0.25, 0.3) is 10.0 Å². The van der Waals surface area contributed by atoms with Gasteiger partial charge in [0.05, 0.1) is 12.2 Å². The maximum atomic E-state index is 13.4. The summed E-state index contributed by atoms with van der Waals surface area (Å²) in [7, 11) is -2.17. The number of aryl methyl sites for hydroxylation is 1. The first-order valence-corrected chi connectivity index (χ1v) is 10.9. The van der Waals surface area contributed by atoms with E-state index in [1.54, 1.807) is 48.0 Å². The lowest BCUT2D eigenvalue weighted by Gasteiger charge is -2.18. The first kappa shape index (κ1) is 20.2. The van der Waals surface area contributed by atoms with Crippen molar-refractivity contribution in [2.45, 2.75) is 10.9 Å². The highest BCUT2D eigenvalue weighted by molar-refractivity contribution is 7.89. The highest BCUT2D eigenvalue weighted by Crippen LogP contribution is 2.36. The van der Waals surface area contributed by atoms with Gasteiger partial charge in [0.2, 0.25) is 5.91 Å². The zero-order valence-electron chi connectivity index (χ0n) is 16.3. The van der Waals surface area contributed by atoms with E-state index in [1.807, 2.05) is 6.07 Å². The molecule has 30 heavy (non-hydrogen) atoms. The number of carbonyl (C=O) groups is 1. The first-order chi connectivity index (χ1) is 14.3. The van der Waals surface area contributed by atoms with E-state index in [0.29, 0.717) is 11.3 Å². The Morgan fingerprint density at radius 1 is 1.10 bits per heavy atom. The molecule has 0 spiro atoms. The molecular weight excluding hydrogens is 407 g/mol. The molecule has 0 radical (unpaired) electrons. The van der Waals surface area contributed by atoms with E-state index in [0.717, 1.165) is 0 Å². The van der Waals surface area contributed by atoms with Gasteiger partial charge in [-0.25, -0.2) is 17.8 Å². The molecule has 1 fully saturated rings. The molecular formula is C21H21FN4O3S. The van der Waals surface area contributed by atoms with Crippen molar-refractivity contribution in [3.63, 3.8) is 0 Å². The zero-order valence-corrected chi connectivity index (χ0v) is 17.1. The second-order valence-electron chi connectivity index (χ2n) is 7.32. The number of carbonyl (C=O) groups excluding carboxylic acids is 1. The fourth-order valence-electron chi connectivity index (χ4n) is 3.69. The number of anilines is 1. The Kier molecular flexibility index (Phi) is 5.40. The Morgan fingerprint density at radius 2 is 1.80 bits per heavy atom. The highest BCUT2D eigenvalue weighted by Gasteiger charge is 2.44. The average molecular weight is 428 g/mol. The Labute approximate surface area is 174 Å². The predicted octanol–water partition coefficient (Wildman–Crippen LogP) is 2.60. The number of sulfonamides is 1. The van der Waals surface area contributed by atoms with Gasteiger partial charge >= 0.3 is 0 Å². The van der Waals surface area contributed by atoms with Crippen LogP contribution in [0.1, 0.15) is 11.5 Å². The topological polar surface area (TPSA) is 84.3 Å². The van der Waals surface area contributed by atoms with Crippen molar-refractivity contribution in [3.05, 3.63) is 78.5 Å². The highest BCUT2D eigenvalue weighted by atomic mass is 32.2. The van der Waals surface area contributed by atoms with E-state index in [9.17, 15) is 17.6 Å². The number of nitrogens with zero attached hydrogens (tertiary/aromatic N) is 3. The maximum Gasteiger partial charge on any atom is 0.262 e. The molecule has 4 rings (SSSR count). The lowest BCUT2D eigenvalue weighted by molar-refractivity contribution is -0.119. The molecule has 2 aromatic carbocycles. The molecule has 156 valence electrons. The summed E-state index contributed by atoms with van der Waals surface area (Å²) in [4.78, 5) is 17.0. The van der Waals surface area contributed by atoms with Crippen LogP contribution in [0.3, 0.4) is 0 Å². The molecule has 0 bridgehead atoms. The van der Waals surface area contributed by atoms with Gasteiger partial charge in [-0.15, -0.1) is 0 Å². The van der Waals surface area contributed by atoms with Crippen molar-refractivity contribution >= 4 is 21.6 Å². The van der Waals surface area contributed by atoms with Gasteiger partial charge in [-0.3, -0.25) is 4.79 Å². The summed E-state index contributed by atoms with van der Waals surface area (Å²) < 4.78 is 42.4. The molecule has 1 aromatic heterocycles. The second-order valence-corrected chi connectivity index (χ2v) is 9.20. The molecule has 1 N–H and O–H groups in total. The zero-order chi connectivity index (χ0) is 21.3. The summed E-state index contributed by atoms with van der Waals surface area (Å²) in [6, 6.07) is 14.8. The largest absolute Gasteiger partial charge is 0.339 e. The van der Waals surface area contributed by atoms with E-state index in [-0.39, 0.29) is 29.8 Å². The quantitative estimate of drug-likeness (QED) is 0.677. The molecule has 1 saturated heterocycles. The minimum Gasteiger partial charge on any atom is -0.339 e. The van der Waals surface area contributed by atoms with Crippen LogP contribution < -0.4 is 5.32 Å². The van der Waals surface area contributed by atoms with Crippen molar-refractivity contribution in [1.82, 2.24) is 13.9 Å². The van der Waals surface area contributed by atoms with Gasteiger partial charge in [-0.05, 0) is 29.8 Å². The number of amides is 1. The van der Waals surface area contributed by atoms with Gasteiger partial charge in [-0.1, -0.05) is 30.3 Å². The summed E-state index contributed by atoms with van der Waals surface area (Å²) in [5.74, 6) is -1.71. The number of hydrogen-bond acceptors (Lipinski definition) is 4. The summed E-state index contributed by atoms with van der Waals surface area (Å²) in [5, 5.41) is 2.79. The van der Waals surface area contributed by atoms with Crippen molar-refractivity contribution in [2.24, 2.45) is 13.0 Å². The van der Waals surface area contributed by atoms with Crippen LogP contribution in [0, 0.1) is 11.7 Å². The molecule has 7 nitrogen and oxygen atoms in total. The van der Waals surface area contributed by atoms with Gasteiger partial charge in [0.15, 0.2) is 5.03 Å². The molecule has 0 aliphatic carbocycles. The van der Waals surface area contributed by atoms with E-state index < -0.39 is 21.9 Å². The molecule has 2 heterocycles. The maximum absolute atomic E-state index is 13.4. The normalized spacial score (nSPS) is 19.7. The van der Waals surface area contributed by atoms with Crippen molar-refractivity contribution in [3.8, 4) is 0 Å². The Hall–Kier alpha value is -3.04. The van der Waals surface area contributed by atoms with Crippen LogP contribution in [-0.4, -0.2) is 41.3 Å². The van der Waals surface area contributed by atoms with Crippen molar-refractivity contribution in [2.75, 3.05) is 18.4 Å². The van der Waals surface area contributed by atoms with Crippen LogP contribution in [0.15, 0.2) is 72.1 Å². The van der Waals surface area contributed by atoms with Gasteiger partial charge in [-0.2, -0.15) is 4.31 Å². The molecule has 0 saturated carbocycles. The number of aromatic nitrogens is 2. The summed E-state index contributed by atoms with van der Waals surface area (Å²) in [6.07, 6.45) is 2.85. The molecule has 1 aliphatic heterocycles. The fraction of sp³-hybridized carbons (Fsp3) is 0.238. The summed E-state index contributed by atoms with van der Waals surface area (Å²) >= 11 is 0. The summed E-state index contributed by atoms with van der Waals surface area (Å²) in [6.45, 7) is 0.122. The number of para-hydroxylation sites is 1. The molecule has 1 aliphatic rings. The van der Waals surface area contributed by atoms with Crippen molar-refractivity contribution < 1.29 is 17.6 Å². The average Bonchev–Trinajstić information content (AvgIpc) is 3.37. The number of nitrogens with one attached hydrogen (secondary N) is 1. The Bertz CT molecular complexity index is 1150. The monoisotopic (exact) mass is 428 g/mol. The standard InChI is InChI=1S/C21H21FN4O3S/c1-25-13-20(23-14-25)30(28,29)26-11-18(15-7-9-16(22)10-8-15)19(12-26)21(27)24-17-5-3-2-4-6-17/h2-10,13-14,18-19H,11-12H2,1H3,(H,24,27). The third-order valence-corrected chi connectivity index (χ3v) is 6.97. The van der Waals surface area contributed by atoms with Gasteiger partial charge in [0.1, 0.15) is 5.82 Å². The predicted molar refractivity (Wildman–Crippen MR) is 110 cm³/mol. The van der Waals surface area contributed by atoms with Crippen LogP contribution in [0.4, 0.5) is 10.1 Å². The SMILES string of the molecule is Cn1cnc(S(=O)(=O)N2CC(C(=O)Nc3ccccc3)C(c3ccc(F)cc3)C2)c1. The number of hydrogen-bond donors (Lipinski definition) is 1. The van der Waals surface area contributed by atoms with E-state index in [1.165, 1.54) is 29.0 Å². The number of imidazole rings is 1. The summed E-state index contributed by atoms with van der Waals surface area (Å²) in [5.41, 5.74) is 1.34. The van der Waals surface area contributed by atoms with E-state index in [2.05, 4.69) is 10.3 Å². The van der Waals surface area contributed by atoms with Gasteiger partial charge in [0, 0.05) is 37.9 Å². The Morgan fingerprint density at radius 3 is 2.43 bits per heavy atom. The van der Waals surface area contributed by atoms with Crippen LogP contribution >= 0.6 is 0 Å². The lowest BCUT2D eigenvalue weighted by atomic mass is 9.88. The fourth-order valence-corrected chi connectivity index (χ4v) is 5.15. The van der Waals surface area contributed by atoms with Crippen LogP contribution in [0.5, 0.6) is 0 Å². The smallest absolute Gasteiger partial charge is 0.262 e. The van der Waals surface area contributed by atoms with Gasteiger partial charge < -0.3 is 9.88 Å². The van der Waals surface area contributed by atoms with Crippen LogP contribution in [-0.2, 0) is 21.9 Å². The minimum atomic E-state index is -3.86. The number of rotatable bonds is 5. The van der Waals surface area contributed by atoms with Crippen molar-refractivity contribution in [1.29, 1.82) is 0 Å². The molecule has 9 heteroatoms.